The van der Waals surface area contributed by atoms with Crippen molar-refractivity contribution in [1.29, 1.82) is 0 Å². The summed E-state index contributed by atoms with van der Waals surface area (Å²) in [4.78, 5) is 31.4. The Bertz CT molecular complexity index is 1840. The second-order valence-corrected chi connectivity index (χ2v) is 11.5. The van der Waals surface area contributed by atoms with Crippen LogP contribution < -0.4 is 10.6 Å². The van der Waals surface area contributed by atoms with Crippen molar-refractivity contribution in [2.24, 2.45) is 0 Å². The fourth-order valence-corrected chi connectivity index (χ4v) is 5.42. The number of nitrogens with zero attached hydrogens (tertiary/aromatic N) is 7. The fraction of sp³-hybridized carbons (Fsp3) is 0.207. The van der Waals surface area contributed by atoms with E-state index in [1.807, 2.05) is 36.4 Å². The summed E-state index contributed by atoms with van der Waals surface area (Å²) >= 11 is 8.50. The minimum absolute atomic E-state index is 0.00381. The van der Waals surface area contributed by atoms with E-state index in [1.165, 1.54) is 21.6 Å². The lowest BCUT2D eigenvalue weighted by Gasteiger charge is -2.15. The van der Waals surface area contributed by atoms with Gasteiger partial charge in [-0.3, -0.25) is 9.59 Å². The van der Waals surface area contributed by atoms with Gasteiger partial charge in [0.2, 0.25) is 0 Å². The lowest BCUT2D eigenvalue weighted by molar-refractivity contribution is -0.134. The molecule has 0 spiro atoms. The van der Waals surface area contributed by atoms with Crippen LogP contribution in [0, 0.1) is 10.5 Å². The number of hydrogen-bond acceptors (Lipinski definition) is 7. The molecule has 45 heavy (non-hydrogen) atoms. The maximum Gasteiger partial charge on any atom is 0.389 e. The highest BCUT2D eigenvalue weighted by molar-refractivity contribution is 14.1. The highest BCUT2D eigenvalue weighted by Gasteiger charge is 2.28. The molecular weight excluding hydrogens is 726 g/mol. The molecule has 5 aromatic rings. The second-order valence-electron chi connectivity index (χ2n) is 9.88. The number of aryl methyl sites for hydroxylation is 2. The molecule has 2 amide bonds. The van der Waals surface area contributed by atoms with Crippen molar-refractivity contribution in [3.05, 3.63) is 109 Å². The van der Waals surface area contributed by atoms with Crippen LogP contribution in [0.15, 0.2) is 66.9 Å². The van der Waals surface area contributed by atoms with Crippen LogP contribution in [0.5, 0.6) is 0 Å². The summed E-state index contributed by atoms with van der Waals surface area (Å²) in [6.07, 6.45) is -4.45. The van der Waals surface area contributed by atoms with Gasteiger partial charge >= 0.3 is 6.18 Å². The standard InChI is InChI=1S/C29H24ClF3IN9O2/c1-17-12-19(34)13-21(27(44)36-15-18-6-3-2-4-7-18)25(17)37-28(45)23-14-20(39-43(23)26-22(30)8-5-11-35-26)16-42-24(38-40-41-42)9-10-29(31,32)33/h2-8,11-14H,9-10,15-16H2,1H3,(H,36,44)(H,37,45). The van der Waals surface area contributed by atoms with Crippen LogP contribution in [-0.4, -0.2) is 53.0 Å². The molecular formula is C29H24ClF3IN9O2. The number of hydrogen-bond donors (Lipinski definition) is 2. The smallest absolute Gasteiger partial charge is 0.348 e. The summed E-state index contributed by atoms with van der Waals surface area (Å²) in [5, 5.41) is 21.4. The number of carbonyl (C=O) groups excluding carboxylic acids is 2. The third kappa shape index (κ3) is 8.02. The van der Waals surface area contributed by atoms with Crippen molar-refractivity contribution in [1.82, 2.24) is 40.3 Å². The Morgan fingerprint density at radius 2 is 1.82 bits per heavy atom. The van der Waals surface area contributed by atoms with Crippen molar-refractivity contribution in [2.75, 3.05) is 5.32 Å². The molecule has 5 rings (SSSR count). The van der Waals surface area contributed by atoms with E-state index in [0.29, 0.717) is 11.3 Å². The third-order valence-electron chi connectivity index (χ3n) is 6.56. The van der Waals surface area contributed by atoms with Gasteiger partial charge in [-0.05, 0) is 81.4 Å². The highest BCUT2D eigenvalue weighted by Crippen LogP contribution is 2.27. The van der Waals surface area contributed by atoms with E-state index >= 15 is 0 Å². The number of nitrogens with one attached hydrogen (secondary N) is 2. The summed E-state index contributed by atoms with van der Waals surface area (Å²) in [7, 11) is 0. The summed E-state index contributed by atoms with van der Waals surface area (Å²) in [5.74, 6) is -0.872. The van der Waals surface area contributed by atoms with Gasteiger partial charge in [-0.25, -0.2) is 14.3 Å². The summed E-state index contributed by atoms with van der Waals surface area (Å²) < 4.78 is 41.7. The normalized spacial score (nSPS) is 11.4. The van der Waals surface area contributed by atoms with Gasteiger partial charge in [0.25, 0.3) is 11.8 Å². The lowest BCUT2D eigenvalue weighted by Crippen LogP contribution is -2.26. The molecule has 3 heterocycles. The number of amides is 2. The number of aromatic nitrogens is 7. The van der Waals surface area contributed by atoms with Gasteiger partial charge in [0, 0.05) is 22.7 Å². The molecule has 0 unspecified atom stereocenters. The Kier molecular flexibility index (Phi) is 9.77. The van der Waals surface area contributed by atoms with E-state index in [-0.39, 0.29) is 52.6 Å². The first-order chi connectivity index (χ1) is 21.5. The number of rotatable bonds is 10. The predicted molar refractivity (Wildman–Crippen MR) is 167 cm³/mol. The molecule has 0 aliphatic rings. The molecule has 3 aromatic heterocycles. The Hall–Kier alpha value is -4.38. The molecule has 232 valence electrons. The van der Waals surface area contributed by atoms with Crippen LogP contribution in [-0.2, 0) is 19.5 Å². The first kappa shape index (κ1) is 32.0. The first-order valence-corrected chi connectivity index (χ1v) is 14.9. The summed E-state index contributed by atoms with van der Waals surface area (Å²) in [6, 6.07) is 17.5. The monoisotopic (exact) mass is 749 g/mol. The number of benzene rings is 2. The fourth-order valence-electron chi connectivity index (χ4n) is 4.44. The van der Waals surface area contributed by atoms with Gasteiger partial charge in [0.15, 0.2) is 11.6 Å². The number of tetrazole rings is 1. The molecule has 0 saturated carbocycles. The zero-order valence-electron chi connectivity index (χ0n) is 23.5. The van der Waals surface area contributed by atoms with Crippen LogP contribution in [0.1, 0.15) is 49.9 Å². The molecule has 16 heteroatoms. The molecule has 0 fully saturated rings. The van der Waals surface area contributed by atoms with Gasteiger partial charge in [-0.15, -0.1) is 5.10 Å². The number of halogens is 5. The molecule has 0 atom stereocenters. The van der Waals surface area contributed by atoms with Gasteiger partial charge in [-0.2, -0.15) is 18.3 Å². The molecule has 2 N–H and O–H groups in total. The van der Waals surface area contributed by atoms with Gasteiger partial charge in [0.1, 0.15) is 5.69 Å². The minimum atomic E-state index is -4.38. The van der Waals surface area contributed by atoms with Crippen LogP contribution in [0.2, 0.25) is 5.02 Å². The molecule has 0 aliphatic heterocycles. The second kappa shape index (κ2) is 13.7. The SMILES string of the molecule is Cc1cc(I)cc(C(=O)NCc2ccccc2)c1NC(=O)c1cc(Cn2nnnc2CCC(F)(F)F)nn1-c1ncccc1Cl. The van der Waals surface area contributed by atoms with Crippen LogP contribution in [0.4, 0.5) is 18.9 Å². The van der Waals surface area contributed by atoms with Gasteiger partial charge in [0.05, 0.1) is 34.9 Å². The van der Waals surface area contributed by atoms with Crippen molar-refractivity contribution in [3.8, 4) is 5.82 Å². The number of carbonyl (C=O) groups is 2. The van der Waals surface area contributed by atoms with E-state index in [2.05, 4.69) is 58.8 Å². The first-order valence-electron chi connectivity index (χ1n) is 13.4. The Labute approximate surface area is 273 Å². The average molecular weight is 750 g/mol. The van der Waals surface area contributed by atoms with E-state index in [0.717, 1.165) is 9.13 Å². The molecule has 2 aromatic carbocycles. The number of alkyl halides is 3. The number of anilines is 1. The summed E-state index contributed by atoms with van der Waals surface area (Å²) in [6.45, 7) is 1.92. The predicted octanol–water partition coefficient (Wildman–Crippen LogP) is 5.55. The van der Waals surface area contributed by atoms with Gasteiger partial charge in [-0.1, -0.05) is 41.9 Å². The Morgan fingerprint density at radius 1 is 1.04 bits per heavy atom. The topological polar surface area (TPSA) is 133 Å². The molecule has 0 radical (unpaired) electrons. The number of pyridine rings is 1. The van der Waals surface area contributed by atoms with Crippen LogP contribution in [0.25, 0.3) is 5.82 Å². The van der Waals surface area contributed by atoms with Crippen LogP contribution >= 0.6 is 34.2 Å². The van der Waals surface area contributed by atoms with Crippen molar-refractivity contribution in [3.63, 3.8) is 0 Å². The largest absolute Gasteiger partial charge is 0.389 e. The van der Waals surface area contributed by atoms with E-state index in [1.54, 1.807) is 25.1 Å². The average Bonchev–Trinajstić information content (AvgIpc) is 3.63. The van der Waals surface area contributed by atoms with Gasteiger partial charge < -0.3 is 10.6 Å². The lowest BCUT2D eigenvalue weighted by atomic mass is 10.1. The molecule has 0 aliphatic carbocycles. The highest BCUT2D eigenvalue weighted by atomic mass is 127. The molecule has 11 nitrogen and oxygen atoms in total. The summed E-state index contributed by atoms with van der Waals surface area (Å²) in [5.41, 5.74) is 2.36. The minimum Gasteiger partial charge on any atom is -0.348 e. The zero-order valence-corrected chi connectivity index (χ0v) is 26.4. The van der Waals surface area contributed by atoms with Crippen LogP contribution in [0.3, 0.4) is 0 Å². The van der Waals surface area contributed by atoms with E-state index < -0.39 is 24.9 Å². The van der Waals surface area contributed by atoms with E-state index in [4.69, 9.17) is 11.6 Å². The molecule has 0 saturated heterocycles. The Morgan fingerprint density at radius 3 is 2.56 bits per heavy atom. The third-order valence-corrected chi connectivity index (χ3v) is 7.48. The molecule has 0 bridgehead atoms. The maximum atomic E-state index is 13.9. The maximum absolute atomic E-state index is 13.9. The van der Waals surface area contributed by atoms with Crippen molar-refractivity contribution < 1.29 is 22.8 Å². The van der Waals surface area contributed by atoms with E-state index in [9.17, 15) is 22.8 Å². The van der Waals surface area contributed by atoms with Crippen molar-refractivity contribution in [2.45, 2.75) is 39.0 Å². The zero-order chi connectivity index (χ0) is 32.1. The van der Waals surface area contributed by atoms with Crippen molar-refractivity contribution >= 4 is 51.7 Å². The Balaban J connectivity index is 1.46. The quantitative estimate of drug-likeness (QED) is 0.179.